The highest BCUT2D eigenvalue weighted by molar-refractivity contribution is 9.12. The lowest BCUT2D eigenvalue weighted by molar-refractivity contribution is 0.147. The van der Waals surface area contributed by atoms with Gasteiger partial charge in [0.05, 0.1) is 0 Å². The van der Waals surface area contributed by atoms with Crippen molar-refractivity contribution in [2.24, 2.45) is 10.8 Å². The summed E-state index contributed by atoms with van der Waals surface area (Å²) in [6.07, 6.45) is 14.1. The van der Waals surface area contributed by atoms with Crippen molar-refractivity contribution in [3.63, 3.8) is 0 Å². The van der Waals surface area contributed by atoms with Gasteiger partial charge in [0.15, 0.2) is 0 Å². The zero-order chi connectivity index (χ0) is 12.4. The first-order valence-corrected chi connectivity index (χ1v) is 9.00. The average molecular weight is 372 g/mol. The van der Waals surface area contributed by atoms with Crippen LogP contribution in [0.5, 0.6) is 0 Å². The zero-order valence-corrected chi connectivity index (χ0v) is 14.0. The standard InChI is InChI=1S/C16H20Br2/c17-13-10-15(5-1-6-15)12(13)4-3-11-9-16(14(11)18)7-2-8-16/h1-10H2. The molecule has 2 saturated carbocycles. The molecule has 98 valence electrons. The fourth-order valence-electron chi connectivity index (χ4n) is 4.48. The first-order chi connectivity index (χ1) is 8.65. The molecule has 0 aromatic rings. The number of hydrogen-bond donors (Lipinski definition) is 0. The van der Waals surface area contributed by atoms with E-state index in [4.69, 9.17) is 0 Å². The normalized spacial score (nSPS) is 31.0. The van der Waals surface area contributed by atoms with Gasteiger partial charge in [0.25, 0.3) is 0 Å². The first kappa shape index (κ1) is 12.2. The lowest BCUT2D eigenvalue weighted by atomic mass is 9.54. The summed E-state index contributed by atoms with van der Waals surface area (Å²) in [4.78, 5) is 0. The molecule has 2 heteroatoms. The second kappa shape index (κ2) is 3.97. The molecule has 2 spiro atoms. The zero-order valence-electron chi connectivity index (χ0n) is 10.8. The van der Waals surface area contributed by atoms with Gasteiger partial charge in [0.2, 0.25) is 0 Å². The monoisotopic (exact) mass is 370 g/mol. The van der Waals surface area contributed by atoms with Gasteiger partial charge < -0.3 is 0 Å². The predicted molar refractivity (Wildman–Crippen MR) is 82.9 cm³/mol. The van der Waals surface area contributed by atoms with E-state index >= 15 is 0 Å². The summed E-state index contributed by atoms with van der Waals surface area (Å²) in [6, 6.07) is 0. The summed E-state index contributed by atoms with van der Waals surface area (Å²) in [5.41, 5.74) is 4.80. The minimum Gasteiger partial charge on any atom is -0.0583 e. The van der Waals surface area contributed by atoms with Crippen molar-refractivity contribution in [2.45, 2.75) is 64.2 Å². The number of rotatable bonds is 3. The quantitative estimate of drug-likeness (QED) is 0.552. The highest BCUT2D eigenvalue weighted by Crippen LogP contribution is 2.65. The van der Waals surface area contributed by atoms with E-state index < -0.39 is 0 Å². The SMILES string of the molecule is BrC1=C(CCC2=C(Br)C3(CCC3)C2)C2(CCC2)C1. The molecule has 4 aliphatic carbocycles. The maximum Gasteiger partial charge on any atom is 0.00561 e. The Hall–Kier alpha value is 0.440. The molecule has 4 aliphatic rings. The van der Waals surface area contributed by atoms with Gasteiger partial charge in [-0.25, -0.2) is 0 Å². The van der Waals surface area contributed by atoms with E-state index in [2.05, 4.69) is 31.9 Å². The highest BCUT2D eigenvalue weighted by Gasteiger charge is 2.50. The number of halogens is 2. The van der Waals surface area contributed by atoms with Crippen LogP contribution < -0.4 is 0 Å². The molecule has 0 N–H and O–H groups in total. The summed E-state index contributed by atoms with van der Waals surface area (Å²) >= 11 is 7.66. The van der Waals surface area contributed by atoms with Crippen LogP contribution in [-0.2, 0) is 0 Å². The maximum absolute atomic E-state index is 3.88. The van der Waals surface area contributed by atoms with E-state index in [0.29, 0.717) is 10.8 Å². The third-order valence-electron chi connectivity index (χ3n) is 6.09. The molecular formula is C16H20Br2. The molecule has 0 atom stereocenters. The third kappa shape index (κ3) is 1.48. The molecule has 4 rings (SSSR count). The summed E-state index contributed by atoms with van der Waals surface area (Å²) in [5.74, 6) is 0. The Morgan fingerprint density at radius 1 is 0.833 bits per heavy atom. The van der Waals surface area contributed by atoms with Gasteiger partial charge in [-0.1, -0.05) is 55.8 Å². The molecule has 0 unspecified atom stereocenters. The highest BCUT2D eigenvalue weighted by atomic mass is 79.9. The first-order valence-electron chi connectivity index (χ1n) is 7.41. The van der Waals surface area contributed by atoms with Crippen LogP contribution in [0.1, 0.15) is 64.2 Å². The summed E-state index contributed by atoms with van der Waals surface area (Å²) < 4.78 is 3.14. The van der Waals surface area contributed by atoms with E-state index in [0.717, 1.165) is 0 Å². The van der Waals surface area contributed by atoms with E-state index in [9.17, 15) is 0 Å². The van der Waals surface area contributed by atoms with Crippen molar-refractivity contribution in [1.29, 1.82) is 0 Å². The second-order valence-electron chi connectivity index (χ2n) is 6.92. The van der Waals surface area contributed by atoms with Crippen molar-refractivity contribution in [3.05, 3.63) is 20.1 Å². The fraction of sp³-hybridized carbons (Fsp3) is 0.750. The van der Waals surface area contributed by atoms with Gasteiger partial charge in [-0.3, -0.25) is 0 Å². The van der Waals surface area contributed by atoms with E-state index in [1.807, 2.05) is 0 Å². The molecule has 0 bridgehead atoms. The molecule has 0 aromatic heterocycles. The molecule has 0 saturated heterocycles. The van der Waals surface area contributed by atoms with Crippen LogP contribution in [0.15, 0.2) is 20.1 Å². The molecule has 0 aromatic carbocycles. The molecule has 18 heavy (non-hydrogen) atoms. The molecule has 0 radical (unpaired) electrons. The van der Waals surface area contributed by atoms with Gasteiger partial charge in [-0.2, -0.15) is 0 Å². The van der Waals surface area contributed by atoms with Crippen molar-refractivity contribution >= 4 is 31.9 Å². The van der Waals surface area contributed by atoms with Gasteiger partial charge in [0.1, 0.15) is 0 Å². The van der Waals surface area contributed by atoms with Gasteiger partial charge in [-0.05, 0) is 61.3 Å². The van der Waals surface area contributed by atoms with Crippen LogP contribution in [0.2, 0.25) is 0 Å². The Balaban J connectivity index is 1.41. The smallest absolute Gasteiger partial charge is 0.00561 e. The number of hydrogen-bond acceptors (Lipinski definition) is 0. The van der Waals surface area contributed by atoms with Gasteiger partial charge >= 0.3 is 0 Å². The Labute approximate surface area is 127 Å². The fourth-order valence-corrected chi connectivity index (χ4v) is 6.51. The van der Waals surface area contributed by atoms with Crippen LogP contribution in [-0.4, -0.2) is 0 Å². The molecule has 0 heterocycles. The molecular weight excluding hydrogens is 352 g/mol. The third-order valence-corrected chi connectivity index (χ3v) is 8.25. The van der Waals surface area contributed by atoms with E-state index in [-0.39, 0.29) is 0 Å². The Morgan fingerprint density at radius 2 is 1.50 bits per heavy atom. The van der Waals surface area contributed by atoms with Crippen LogP contribution in [0.3, 0.4) is 0 Å². The predicted octanol–water partition coefficient (Wildman–Crippen LogP) is 6.21. The average Bonchev–Trinajstić information content (AvgIpc) is 2.23. The number of allylic oxidation sites excluding steroid dienone is 4. The Morgan fingerprint density at radius 3 is 1.94 bits per heavy atom. The van der Waals surface area contributed by atoms with Crippen LogP contribution in [0, 0.1) is 10.8 Å². The topological polar surface area (TPSA) is 0 Å². The van der Waals surface area contributed by atoms with Gasteiger partial charge in [0, 0.05) is 9.90 Å². The summed E-state index contributed by atoms with van der Waals surface area (Å²) in [5, 5.41) is 0. The van der Waals surface area contributed by atoms with Crippen molar-refractivity contribution in [3.8, 4) is 0 Å². The molecule has 0 aliphatic heterocycles. The Kier molecular flexibility index (Phi) is 2.69. The van der Waals surface area contributed by atoms with E-state index in [1.165, 1.54) is 68.7 Å². The minimum atomic E-state index is 0.634. The Bertz CT molecular complexity index is 461. The van der Waals surface area contributed by atoms with E-state index in [1.54, 1.807) is 15.6 Å². The maximum atomic E-state index is 3.88. The molecule has 0 nitrogen and oxygen atoms in total. The largest absolute Gasteiger partial charge is 0.0583 e. The lowest BCUT2D eigenvalue weighted by Gasteiger charge is -2.53. The summed E-state index contributed by atoms with van der Waals surface area (Å²) in [7, 11) is 0. The van der Waals surface area contributed by atoms with Crippen LogP contribution in [0.25, 0.3) is 0 Å². The summed E-state index contributed by atoms with van der Waals surface area (Å²) in [6.45, 7) is 0. The molecule has 2 fully saturated rings. The lowest BCUT2D eigenvalue weighted by Crippen LogP contribution is -2.40. The second-order valence-corrected chi connectivity index (χ2v) is 8.67. The van der Waals surface area contributed by atoms with Gasteiger partial charge in [-0.15, -0.1) is 0 Å². The van der Waals surface area contributed by atoms with Crippen molar-refractivity contribution in [2.75, 3.05) is 0 Å². The minimum absolute atomic E-state index is 0.634. The van der Waals surface area contributed by atoms with Crippen molar-refractivity contribution in [1.82, 2.24) is 0 Å². The molecule has 0 amide bonds. The van der Waals surface area contributed by atoms with Crippen LogP contribution >= 0.6 is 31.9 Å². The van der Waals surface area contributed by atoms with Crippen LogP contribution in [0.4, 0.5) is 0 Å². The van der Waals surface area contributed by atoms with Crippen molar-refractivity contribution < 1.29 is 0 Å².